The Bertz CT molecular complexity index is 751. The minimum Gasteiger partial charge on any atom is -0.478 e. The number of nitrogens with zero attached hydrogens (tertiary/aromatic N) is 1. The maximum absolute atomic E-state index is 13.3. The maximum Gasteiger partial charge on any atom is 0.224 e. The topological polar surface area (TPSA) is 71.5 Å². The quantitative estimate of drug-likeness (QED) is 0.761. The lowest BCUT2D eigenvalue weighted by atomic mass is 10.1. The van der Waals surface area contributed by atoms with Crippen LogP contribution in [0.5, 0.6) is 5.88 Å². The summed E-state index contributed by atoms with van der Waals surface area (Å²) in [6.45, 7) is 2.39. The molecule has 1 aromatic carbocycles. The lowest BCUT2D eigenvalue weighted by molar-refractivity contribution is -0.123. The summed E-state index contributed by atoms with van der Waals surface area (Å²) in [6, 6.07) is 9.35. The Hall–Kier alpha value is -2.47. The molecule has 1 fully saturated rings. The highest BCUT2D eigenvalue weighted by atomic mass is 19.1. The van der Waals surface area contributed by atoms with Crippen molar-refractivity contribution in [3.05, 3.63) is 59.5 Å². The molecule has 0 bridgehead atoms. The predicted molar refractivity (Wildman–Crippen MR) is 95.2 cm³/mol. The van der Waals surface area contributed by atoms with Crippen LogP contribution in [0.1, 0.15) is 42.9 Å². The van der Waals surface area contributed by atoms with E-state index < -0.39 is 6.04 Å². The van der Waals surface area contributed by atoms with Gasteiger partial charge < -0.3 is 15.2 Å². The summed E-state index contributed by atoms with van der Waals surface area (Å²) >= 11 is 0. The van der Waals surface area contributed by atoms with Crippen LogP contribution in [0.3, 0.4) is 0 Å². The second-order valence-corrected chi connectivity index (χ2v) is 6.53. The molecular formula is C20H23FN2O3. The van der Waals surface area contributed by atoms with Gasteiger partial charge in [-0.15, -0.1) is 0 Å². The van der Waals surface area contributed by atoms with E-state index in [2.05, 4.69) is 10.3 Å². The van der Waals surface area contributed by atoms with Gasteiger partial charge in [-0.25, -0.2) is 9.37 Å². The van der Waals surface area contributed by atoms with E-state index in [1.165, 1.54) is 12.1 Å². The lowest BCUT2D eigenvalue weighted by Gasteiger charge is -2.17. The number of ether oxygens (including phenoxy) is 1. The number of rotatable bonds is 8. The number of aromatic nitrogens is 1. The molecule has 3 rings (SSSR count). The summed E-state index contributed by atoms with van der Waals surface area (Å²) in [5.74, 6) is -0.0613. The van der Waals surface area contributed by atoms with Crippen molar-refractivity contribution in [2.45, 2.75) is 31.7 Å². The second-order valence-electron chi connectivity index (χ2n) is 6.53. The molecule has 138 valence electrons. The molecule has 2 aromatic rings. The van der Waals surface area contributed by atoms with Crippen molar-refractivity contribution in [2.75, 3.05) is 13.2 Å². The van der Waals surface area contributed by atoms with Gasteiger partial charge in [0.25, 0.3) is 0 Å². The van der Waals surface area contributed by atoms with E-state index >= 15 is 0 Å². The van der Waals surface area contributed by atoms with Crippen molar-refractivity contribution < 1.29 is 19.0 Å². The van der Waals surface area contributed by atoms with Gasteiger partial charge in [0.1, 0.15) is 5.82 Å². The van der Waals surface area contributed by atoms with Gasteiger partial charge in [0.2, 0.25) is 11.8 Å². The van der Waals surface area contributed by atoms with Crippen LogP contribution in [-0.2, 0) is 4.79 Å². The fourth-order valence-electron chi connectivity index (χ4n) is 2.99. The number of pyridine rings is 1. The first-order valence-electron chi connectivity index (χ1n) is 8.87. The van der Waals surface area contributed by atoms with Crippen LogP contribution < -0.4 is 10.1 Å². The molecule has 0 spiro atoms. The molecule has 3 atom stereocenters. The summed E-state index contributed by atoms with van der Waals surface area (Å²) in [7, 11) is 0. The summed E-state index contributed by atoms with van der Waals surface area (Å²) in [4.78, 5) is 16.7. The van der Waals surface area contributed by atoms with Crippen molar-refractivity contribution in [3.63, 3.8) is 0 Å². The molecule has 1 aliphatic carbocycles. The van der Waals surface area contributed by atoms with Crippen molar-refractivity contribution in [1.29, 1.82) is 0 Å². The van der Waals surface area contributed by atoms with E-state index in [0.717, 1.165) is 12.0 Å². The van der Waals surface area contributed by atoms with E-state index in [1.807, 2.05) is 13.0 Å². The predicted octanol–water partition coefficient (Wildman–Crippen LogP) is 2.96. The largest absolute Gasteiger partial charge is 0.478 e. The Morgan fingerprint density at radius 3 is 2.92 bits per heavy atom. The van der Waals surface area contributed by atoms with Crippen LogP contribution in [-0.4, -0.2) is 29.2 Å². The highest BCUT2D eigenvalue weighted by Crippen LogP contribution is 2.47. The normalized spacial score (nSPS) is 19.7. The average Bonchev–Trinajstić information content (AvgIpc) is 3.46. The van der Waals surface area contributed by atoms with Crippen LogP contribution in [0.4, 0.5) is 4.39 Å². The molecule has 0 aliphatic heterocycles. The smallest absolute Gasteiger partial charge is 0.224 e. The van der Waals surface area contributed by atoms with E-state index in [-0.39, 0.29) is 30.2 Å². The molecule has 6 heteroatoms. The summed E-state index contributed by atoms with van der Waals surface area (Å²) in [5.41, 5.74) is 1.55. The van der Waals surface area contributed by atoms with E-state index in [4.69, 9.17) is 4.74 Å². The third-order valence-corrected chi connectivity index (χ3v) is 4.52. The number of halogens is 1. The summed E-state index contributed by atoms with van der Waals surface area (Å²) in [5, 5.41) is 12.5. The molecule has 1 saturated carbocycles. The molecule has 1 amide bonds. The Morgan fingerprint density at radius 2 is 2.27 bits per heavy atom. The fourth-order valence-corrected chi connectivity index (χ4v) is 2.99. The SMILES string of the molecule is CCCOc1ccc(C(CO)NC(=O)C2CC2c2cccc(F)c2)cn1. The van der Waals surface area contributed by atoms with Crippen molar-refractivity contribution in [1.82, 2.24) is 10.3 Å². The fraction of sp³-hybridized carbons (Fsp3) is 0.400. The third kappa shape index (κ3) is 4.38. The number of aliphatic hydroxyl groups excluding tert-OH is 1. The number of amides is 1. The molecule has 5 nitrogen and oxygen atoms in total. The van der Waals surface area contributed by atoms with Gasteiger partial charge in [-0.1, -0.05) is 19.1 Å². The van der Waals surface area contributed by atoms with E-state index in [1.54, 1.807) is 24.4 Å². The van der Waals surface area contributed by atoms with Gasteiger partial charge in [-0.2, -0.15) is 0 Å². The molecular weight excluding hydrogens is 335 g/mol. The van der Waals surface area contributed by atoms with Crippen LogP contribution in [0.25, 0.3) is 0 Å². The molecule has 1 aliphatic rings. The first kappa shape index (κ1) is 18.3. The number of benzene rings is 1. The van der Waals surface area contributed by atoms with E-state index in [0.29, 0.717) is 24.5 Å². The lowest BCUT2D eigenvalue weighted by Crippen LogP contribution is -2.32. The Balaban J connectivity index is 1.59. The Morgan fingerprint density at radius 1 is 1.42 bits per heavy atom. The Kier molecular flexibility index (Phi) is 5.83. The minimum atomic E-state index is -0.524. The summed E-state index contributed by atoms with van der Waals surface area (Å²) < 4.78 is 18.8. The first-order chi connectivity index (χ1) is 12.6. The van der Waals surface area contributed by atoms with Crippen LogP contribution in [0.2, 0.25) is 0 Å². The first-order valence-corrected chi connectivity index (χ1v) is 8.87. The number of nitrogens with one attached hydrogen (secondary N) is 1. The Labute approximate surface area is 152 Å². The van der Waals surface area contributed by atoms with Crippen molar-refractivity contribution in [3.8, 4) is 5.88 Å². The van der Waals surface area contributed by atoms with Crippen molar-refractivity contribution >= 4 is 5.91 Å². The summed E-state index contributed by atoms with van der Waals surface area (Å²) in [6.07, 6.45) is 3.19. The molecule has 1 aromatic heterocycles. The molecule has 1 heterocycles. The standard InChI is InChI=1S/C20H23FN2O3/c1-2-8-26-19-7-6-14(11-22-19)18(12-24)23-20(25)17-10-16(17)13-4-3-5-15(21)9-13/h3-7,9,11,16-18,24H,2,8,10,12H2,1H3,(H,23,25). The number of hydrogen-bond acceptors (Lipinski definition) is 4. The third-order valence-electron chi connectivity index (χ3n) is 4.52. The van der Waals surface area contributed by atoms with Crippen LogP contribution in [0, 0.1) is 11.7 Å². The van der Waals surface area contributed by atoms with Gasteiger partial charge in [0.05, 0.1) is 19.3 Å². The molecule has 2 N–H and O–H groups in total. The highest BCUT2D eigenvalue weighted by molar-refractivity contribution is 5.83. The van der Waals surface area contributed by atoms with Gasteiger partial charge in [-0.3, -0.25) is 4.79 Å². The molecule has 3 unspecified atom stereocenters. The zero-order valence-electron chi connectivity index (χ0n) is 14.7. The highest BCUT2D eigenvalue weighted by Gasteiger charge is 2.44. The maximum atomic E-state index is 13.3. The van der Waals surface area contributed by atoms with Crippen molar-refractivity contribution in [2.24, 2.45) is 5.92 Å². The van der Waals surface area contributed by atoms with Gasteiger partial charge in [-0.05, 0) is 48.1 Å². The molecule has 26 heavy (non-hydrogen) atoms. The number of aliphatic hydroxyl groups is 1. The van der Waals surface area contributed by atoms with Gasteiger partial charge in [0, 0.05) is 18.2 Å². The zero-order chi connectivity index (χ0) is 18.5. The molecule has 0 saturated heterocycles. The minimum absolute atomic E-state index is 0.0352. The molecule has 0 radical (unpaired) electrons. The zero-order valence-corrected chi connectivity index (χ0v) is 14.7. The average molecular weight is 358 g/mol. The number of carbonyl (C=O) groups is 1. The monoisotopic (exact) mass is 358 g/mol. The van der Waals surface area contributed by atoms with E-state index in [9.17, 15) is 14.3 Å². The van der Waals surface area contributed by atoms with Gasteiger partial charge in [0.15, 0.2) is 0 Å². The van der Waals surface area contributed by atoms with Crippen LogP contribution in [0.15, 0.2) is 42.6 Å². The number of hydrogen-bond donors (Lipinski definition) is 2. The van der Waals surface area contributed by atoms with Crippen LogP contribution >= 0.6 is 0 Å². The number of carbonyl (C=O) groups excluding carboxylic acids is 1. The van der Waals surface area contributed by atoms with Gasteiger partial charge >= 0.3 is 0 Å². The second kappa shape index (κ2) is 8.27.